The van der Waals surface area contributed by atoms with Crippen molar-refractivity contribution < 1.29 is 5.11 Å². The van der Waals surface area contributed by atoms with Gasteiger partial charge in [-0.15, -0.1) is 10.2 Å². The van der Waals surface area contributed by atoms with Crippen molar-refractivity contribution >= 4 is 32.9 Å². The first kappa shape index (κ1) is 17.4. The number of hydrazone groups is 1. The highest BCUT2D eigenvalue weighted by Gasteiger charge is 2.14. The van der Waals surface area contributed by atoms with Gasteiger partial charge in [-0.25, -0.2) is 0 Å². The molecule has 0 fully saturated rings. The maximum atomic E-state index is 10.0. The van der Waals surface area contributed by atoms with Crippen molar-refractivity contribution in [3.8, 4) is 5.88 Å². The van der Waals surface area contributed by atoms with Crippen molar-refractivity contribution in [2.45, 2.75) is 25.7 Å². The second-order valence-corrected chi connectivity index (χ2v) is 7.20. The summed E-state index contributed by atoms with van der Waals surface area (Å²) in [6.07, 6.45) is 4.27. The van der Waals surface area contributed by atoms with Gasteiger partial charge in [0.15, 0.2) is 0 Å². The highest BCUT2D eigenvalue weighted by Crippen LogP contribution is 2.37. The molecular formula is C20H19N5OS. The number of thiazole rings is 1. The molecule has 2 aromatic carbocycles. The summed E-state index contributed by atoms with van der Waals surface area (Å²) in [5, 5.41) is 23.6. The first-order valence-corrected chi connectivity index (χ1v) is 9.69. The smallest absolute Gasteiger partial charge is 0.253 e. The van der Waals surface area contributed by atoms with Gasteiger partial charge in [0.05, 0.1) is 11.4 Å². The van der Waals surface area contributed by atoms with Crippen molar-refractivity contribution in [1.82, 2.24) is 4.98 Å². The Balaban J connectivity index is 1.52. The van der Waals surface area contributed by atoms with Crippen LogP contribution in [0.5, 0.6) is 5.88 Å². The largest absolute Gasteiger partial charge is 0.491 e. The minimum atomic E-state index is -0.149. The first-order valence-electron chi connectivity index (χ1n) is 8.87. The van der Waals surface area contributed by atoms with Crippen LogP contribution < -0.4 is 5.43 Å². The van der Waals surface area contributed by atoms with Crippen molar-refractivity contribution in [1.29, 1.82) is 0 Å². The van der Waals surface area contributed by atoms with Crippen LogP contribution in [0.25, 0.3) is 0 Å². The number of azo groups is 1. The van der Waals surface area contributed by atoms with E-state index in [2.05, 4.69) is 43.9 Å². The molecule has 1 aliphatic carbocycles. The summed E-state index contributed by atoms with van der Waals surface area (Å²) in [6.45, 7) is 0. The summed E-state index contributed by atoms with van der Waals surface area (Å²) in [4.78, 5) is 4.09. The molecule has 27 heavy (non-hydrogen) atoms. The van der Waals surface area contributed by atoms with Gasteiger partial charge in [-0.3, -0.25) is 5.43 Å². The number of nitrogens with one attached hydrogen (secondary N) is 1. The summed E-state index contributed by atoms with van der Waals surface area (Å²) in [5.74, 6) is -0.149. The number of nitrogens with zero attached hydrogens (tertiary/aromatic N) is 4. The monoisotopic (exact) mass is 377 g/mol. The molecule has 0 saturated heterocycles. The Morgan fingerprint density at radius 3 is 2.59 bits per heavy atom. The molecule has 0 aliphatic heterocycles. The van der Waals surface area contributed by atoms with Gasteiger partial charge in [0.25, 0.3) is 5.88 Å². The molecule has 0 spiro atoms. The topological polar surface area (TPSA) is 82.2 Å². The van der Waals surface area contributed by atoms with Gasteiger partial charge in [0, 0.05) is 5.56 Å². The lowest BCUT2D eigenvalue weighted by atomic mass is 10.0. The summed E-state index contributed by atoms with van der Waals surface area (Å²) in [5.41, 5.74) is 7.23. The maximum absolute atomic E-state index is 10.0. The van der Waals surface area contributed by atoms with E-state index in [0.29, 0.717) is 10.1 Å². The highest BCUT2D eigenvalue weighted by molar-refractivity contribution is 7.19. The number of hydrogen-bond acceptors (Lipinski definition) is 7. The molecule has 136 valence electrons. The molecule has 0 saturated carbocycles. The van der Waals surface area contributed by atoms with Gasteiger partial charge in [-0.2, -0.15) is 10.1 Å². The van der Waals surface area contributed by atoms with Gasteiger partial charge in [0.2, 0.25) is 10.1 Å². The number of aromatic hydroxyl groups is 1. The van der Waals surface area contributed by atoms with E-state index in [4.69, 9.17) is 0 Å². The Labute approximate surface area is 161 Å². The van der Waals surface area contributed by atoms with E-state index >= 15 is 0 Å². The van der Waals surface area contributed by atoms with Crippen LogP contribution in [-0.4, -0.2) is 15.8 Å². The molecule has 1 aliphatic rings. The summed E-state index contributed by atoms with van der Waals surface area (Å²) in [7, 11) is 0. The molecule has 0 amide bonds. The molecule has 7 heteroatoms. The predicted octanol–water partition coefficient (Wildman–Crippen LogP) is 5.81. The SMILES string of the molecule is Oc1nc(N/N=C2\CCCCc3ccccc32)sc1N=Nc1ccccc1. The van der Waals surface area contributed by atoms with Crippen LogP contribution in [-0.2, 0) is 6.42 Å². The van der Waals surface area contributed by atoms with E-state index in [9.17, 15) is 5.11 Å². The third-order valence-corrected chi connectivity index (χ3v) is 5.16. The Hall–Kier alpha value is -3.06. The van der Waals surface area contributed by atoms with Gasteiger partial charge in [-0.1, -0.05) is 53.8 Å². The molecule has 4 rings (SSSR count). The molecule has 2 N–H and O–H groups in total. The van der Waals surface area contributed by atoms with E-state index < -0.39 is 0 Å². The number of aromatic nitrogens is 1. The number of rotatable bonds is 4. The fourth-order valence-electron chi connectivity index (χ4n) is 3.01. The number of fused-ring (bicyclic) bond motifs is 1. The fraction of sp³-hybridized carbons (Fsp3) is 0.200. The zero-order chi connectivity index (χ0) is 18.5. The molecule has 0 atom stereocenters. The van der Waals surface area contributed by atoms with Crippen LogP contribution in [0.15, 0.2) is 69.9 Å². The molecule has 0 bridgehead atoms. The van der Waals surface area contributed by atoms with Crippen LogP contribution in [0.3, 0.4) is 0 Å². The lowest BCUT2D eigenvalue weighted by molar-refractivity contribution is 0.459. The Bertz CT molecular complexity index is 981. The molecule has 6 nitrogen and oxygen atoms in total. The standard InChI is InChI=1S/C20H19N5OS/c26-18-19(24-22-15-10-2-1-3-11-15)27-20(21-18)25-23-17-13-7-5-9-14-8-4-6-12-16(14)17/h1-4,6,8,10-12,26H,5,7,9,13H2,(H,21,25)/b23-17+,24-22?. The third-order valence-electron chi connectivity index (χ3n) is 4.33. The molecule has 0 radical (unpaired) electrons. The summed E-state index contributed by atoms with van der Waals surface area (Å²) >= 11 is 1.21. The van der Waals surface area contributed by atoms with E-state index in [0.717, 1.165) is 37.1 Å². The Morgan fingerprint density at radius 2 is 1.70 bits per heavy atom. The average molecular weight is 377 g/mol. The lowest BCUT2D eigenvalue weighted by Crippen LogP contribution is -2.05. The van der Waals surface area contributed by atoms with E-state index in [1.165, 1.54) is 22.5 Å². The van der Waals surface area contributed by atoms with Gasteiger partial charge in [-0.05, 0) is 43.4 Å². The van der Waals surface area contributed by atoms with E-state index in [1.54, 1.807) is 0 Å². The van der Waals surface area contributed by atoms with Gasteiger partial charge >= 0.3 is 0 Å². The quantitative estimate of drug-likeness (QED) is 0.342. The van der Waals surface area contributed by atoms with E-state index in [1.807, 2.05) is 36.4 Å². The summed E-state index contributed by atoms with van der Waals surface area (Å²) < 4.78 is 0. The number of benzene rings is 2. The van der Waals surface area contributed by atoms with Crippen LogP contribution in [0.4, 0.5) is 15.8 Å². The number of anilines is 1. The Morgan fingerprint density at radius 1 is 0.926 bits per heavy atom. The highest BCUT2D eigenvalue weighted by atomic mass is 32.1. The second-order valence-electron chi connectivity index (χ2n) is 6.22. The first-order chi connectivity index (χ1) is 13.3. The summed E-state index contributed by atoms with van der Waals surface area (Å²) in [6, 6.07) is 17.7. The minimum absolute atomic E-state index is 0.149. The molecule has 0 unspecified atom stereocenters. The minimum Gasteiger partial charge on any atom is -0.491 e. The molecule has 1 heterocycles. The lowest BCUT2D eigenvalue weighted by Gasteiger charge is -2.07. The molecule has 3 aromatic rings. The Kier molecular flexibility index (Phi) is 5.20. The zero-order valence-electron chi connectivity index (χ0n) is 14.7. The van der Waals surface area contributed by atoms with Crippen LogP contribution >= 0.6 is 11.3 Å². The van der Waals surface area contributed by atoms with Gasteiger partial charge in [0.1, 0.15) is 0 Å². The molecular weight excluding hydrogens is 358 g/mol. The predicted molar refractivity (Wildman–Crippen MR) is 109 cm³/mol. The third kappa shape index (κ3) is 4.20. The average Bonchev–Trinajstić information content (AvgIpc) is 2.93. The van der Waals surface area contributed by atoms with Crippen LogP contribution in [0.1, 0.15) is 30.4 Å². The van der Waals surface area contributed by atoms with Gasteiger partial charge < -0.3 is 5.11 Å². The molecule has 1 aromatic heterocycles. The van der Waals surface area contributed by atoms with Crippen LogP contribution in [0.2, 0.25) is 0 Å². The van der Waals surface area contributed by atoms with Crippen molar-refractivity contribution in [3.05, 3.63) is 65.7 Å². The second kappa shape index (κ2) is 8.09. The van der Waals surface area contributed by atoms with Crippen LogP contribution in [0, 0.1) is 0 Å². The van der Waals surface area contributed by atoms with Crippen molar-refractivity contribution in [2.75, 3.05) is 5.43 Å². The zero-order valence-corrected chi connectivity index (χ0v) is 15.5. The normalized spacial score (nSPS) is 15.6. The maximum Gasteiger partial charge on any atom is 0.253 e. The van der Waals surface area contributed by atoms with E-state index in [-0.39, 0.29) is 5.88 Å². The van der Waals surface area contributed by atoms with Crippen molar-refractivity contribution in [2.24, 2.45) is 15.3 Å². The number of hydrogen-bond donors (Lipinski definition) is 2. The fourth-order valence-corrected chi connectivity index (χ4v) is 3.63. The van der Waals surface area contributed by atoms with Crippen molar-refractivity contribution in [3.63, 3.8) is 0 Å². The number of aryl methyl sites for hydroxylation is 1.